The van der Waals surface area contributed by atoms with Crippen LogP contribution in [0.1, 0.15) is 5.56 Å². The molecule has 0 spiro atoms. The molecule has 1 aliphatic heterocycles. The third kappa shape index (κ3) is 1.66. The second kappa shape index (κ2) is 3.37. The van der Waals surface area contributed by atoms with E-state index in [1.165, 1.54) is 0 Å². The van der Waals surface area contributed by atoms with Gasteiger partial charge in [-0.3, -0.25) is 0 Å². The number of nitrogens with two attached hydrogens (primary N) is 1. The maximum Gasteiger partial charge on any atom is 0.409 e. The molecule has 0 aromatic carbocycles. The summed E-state index contributed by atoms with van der Waals surface area (Å²) in [5.74, 6) is 1.28. The molecule has 1 amide bonds. The fourth-order valence-electron chi connectivity index (χ4n) is 1.27. The molecule has 0 saturated carbocycles. The molecule has 0 aliphatic carbocycles. The Morgan fingerprint density at radius 2 is 2.50 bits per heavy atom. The number of pyridine rings is 1. The third-order valence-electron chi connectivity index (χ3n) is 1.82. The molecule has 3 N–H and O–H groups in total. The van der Waals surface area contributed by atoms with Crippen molar-refractivity contribution < 1.29 is 9.53 Å². The second-order valence-electron chi connectivity index (χ2n) is 2.83. The number of aromatic nitrogens is 1. The molecule has 14 heavy (non-hydrogen) atoms. The summed E-state index contributed by atoms with van der Waals surface area (Å²) >= 11 is 0. The minimum atomic E-state index is -0.801. The third-order valence-corrected chi connectivity index (χ3v) is 1.82. The summed E-state index contributed by atoms with van der Waals surface area (Å²) in [5.41, 5.74) is 5.78. The maximum absolute atomic E-state index is 10.5. The number of nitrogens with one attached hydrogen (secondary N) is 1. The number of hydrogen-bond acceptors (Lipinski definition) is 4. The molecule has 0 bridgehead atoms. The van der Waals surface area contributed by atoms with Crippen LogP contribution in [0.15, 0.2) is 24.1 Å². The number of carbonyl (C=O) groups is 1. The average Bonchev–Trinajstić information content (AvgIpc) is 2.17. The van der Waals surface area contributed by atoms with Crippen LogP contribution >= 0.6 is 0 Å². The molecule has 5 heteroatoms. The summed E-state index contributed by atoms with van der Waals surface area (Å²) in [6.07, 6.45) is 2.63. The first-order chi connectivity index (χ1) is 6.75. The van der Waals surface area contributed by atoms with Crippen molar-refractivity contribution in [1.82, 2.24) is 4.98 Å². The highest BCUT2D eigenvalue weighted by atomic mass is 16.5. The molecule has 2 rings (SSSR count). The van der Waals surface area contributed by atoms with E-state index >= 15 is 0 Å². The molecular formula is C9H9N3O2. The van der Waals surface area contributed by atoms with Crippen molar-refractivity contribution in [2.75, 3.05) is 11.9 Å². The lowest BCUT2D eigenvalue weighted by Gasteiger charge is -2.15. The molecule has 1 aromatic heterocycles. The summed E-state index contributed by atoms with van der Waals surface area (Å²) in [6, 6.07) is 3.68. The predicted molar refractivity (Wildman–Crippen MR) is 51.4 cm³/mol. The molecule has 1 aliphatic rings. The van der Waals surface area contributed by atoms with Crippen molar-refractivity contribution in [3.63, 3.8) is 0 Å². The number of carbonyl (C=O) groups excluding carboxylic acids is 1. The number of fused-ring (bicyclic) bond motifs is 1. The zero-order valence-electron chi connectivity index (χ0n) is 7.36. The molecule has 72 valence electrons. The summed E-state index contributed by atoms with van der Waals surface area (Å²) in [4.78, 5) is 14.6. The largest absolute Gasteiger partial charge is 0.413 e. The van der Waals surface area contributed by atoms with Gasteiger partial charge >= 0.3 is 6.09 Å². The Labute approximate surface area is 80.6 Å². The summed E-state index contributed by atoms with van der Waals surface area (Å²) in [7, 11) is 0. The molecule has 1 aromatic rings. The second-order valence-corrected chi connectivity index (χ2v) is 2.83. The molecule has 0 saturated heterocycles. The topological polar surface area (TPSA) is 77.2 Å². The van der Waals surface area contributed by atoms with E-state index in [4.69, 9.17) is 10.5 Å². The lowest BCUT2D eigenvalue weighted by atomic mass is 10.2. The normalized spacial score (nSPS) is 13.6. The molecule has 0 unspecified atom stereocenters. The van der Waals surface area contributed by atoms with E-state index < -0.39 is 6.09 Å². The van der Waals surface area contributed by atoms with Crippen LogP contribution in [0.5, 0.6) is 0 Å². The van der Waals surface area contributed by atoms with Crippen LogP contribution in [-0.4, -0.2) is 17.6 Å². The van der Waals surface area contributed by atoms with E-state index in [-0.39, 0.29) is 0 Å². The monoisotopic (exact) mass is 191 g/mol. The van der Waals surface area contributed by atoms with E-state index in [0.717, 1.165) is 11.4 Å². The van der Waals surface area contributed by atoms with Crippen molar-refractivity contribution in [2.24, 2.45) is 5.73 Å². The summed E-state index contributed by atoms with van der Waals surface area (Å²) < 4.78 is 4.76. The number of amides is 1. The Bertz CT molecular complexity index is 401. The summed E-state index contributed by atoms with van der Waals surface area (Å²) in [6.45, 7) is 0.424. The fraction of sp³-hybridized carbons (Fsp3) is 0.111. The van der Waals surface area contributed by atoms with Crippen LogP contribution in [-0.2, 0) is 4.74 Å². The quantitative estimate of drug-likeness (QED) is 0.692. The van der Waals surface area contributed by atoms with Crippen LogP contribution < -0.4 is 11.1 Å². The van der Waals surface area contributed by atoms with Gasteiger partial charge in [-0.15, -0.1) is 0 Å². The zero-order valence-corrected chi connectivity index (χ0v) is 7.36. The lowest BCUT2D eigenvalue weighted by Crippen LogP contribution is -2.19. The van der Waals surface area contributed by atoms with Crippen molar-refractivity contribution in [1.29, 1.82) is 0 Å². The number of nitrogens with zero attached hydrogens (tertiary/aromatic N) is 1. The minimum Gasteiger partial charge on any atom is -0.413 e. The van der Waals surface area contributed by atoms with Gasteiger partial charge in [0.2, 0.25) is 0 Å². The number of hydrogen-bond donors (Lipinski definition) is 2. The summed E-state index contributed by atoms with van der Waals surface area (Å²) in [5, 5.41) is 3.01. The van der Waals surface area contributed by atoms with Gasteiger partial charge in [-0.25, -0.2) is 9.78 Å². The highest BCUT2D eigenvalue weighted by Gasteiger charge is 2.12. The van der Waals surface area contributed by atoms with Crippen molar-refractivity contribution >= 4 is 18.0 Å². The van der Waals surface area contributed by atoms with Gasteiger partial charge in [0.1, 0.15) is 11.6 Å². The SMILES string of the molecule is NC(=O)OC1=Cc2cccnc2NC1. The first-order valence-corrected chi connectivity index (χ1v) is 4.12. The number of ether oxygens (including phenoxy) is 1. The number of rotatable bonds is 1. The van der Waals surface area contributed by atoms with Crippen LogP contribution in [0.3, 0.4) is 0 Å². The van der Waals surface area contributed by atoms with E-state index in [0.29, 0.717) is 12.3 Å². The van der Waals surface area contributed by atoms with Crippen LogP contribution in [0.2, 0.25) is 0 Å². The van der Waals surface area contributed by atoms with Gasteiger partial charge in [0.05, 0.1) is 6.54 Å². The molecule has 0 fully saturated rings. The minimum absolute atomic E-state index is 0.424. The Morgan fingerprint density at radius 1 is 1.64 bits per heavy atom. The number of anilines is 1. The lowest BCUT2D eigenvalue weighted by molar-refractivity contribution is 0.187. The number of primary amides is 1. The molecular weight excluding hydrogens is 182 g/mol. The van der Waals surface area contributed by atoms with Crippen molar-refractivity contribution in [2.45, 2.75) is 0 Å². The highest BCUT2D eigenvalue weighted by Crippen LogP contribution is 2.20. The molecule has 5 nitrogen and oxygen atoms in total. The first kappa shape index (κ1) is 8.55. The first-order valence-electron chi connectivity index (χ1n) is 4.12. The van der Waals surface area contributed by atoms with Gasteiger partial charge in [-0.2, -0.15) is 0 Å². The predicted octanol–water partition coefficient (Wildman–Crippen LogP) is 0.943. The van der Waals surface area contributed by atoms with Gasteiger partial charge in [-0.05, 0) is 18.2 Å². The molecule has 2 heterocycles. The van der Waals surface area contributed by atoms with Crippen LogP contribution in [0.25, 0.3) is 6.08 Å². The highest BCUT2D eigenvalue weighted by molar-refractivity contribution is 5.72. The molecule has 0 radical (unpaired) electrons. The van der Waals surface area contributed by atoms with Crippen molar-refractivity contribution in [3.8, 4) is 0 Å². The van der Waals surface area contributed by atoms with E-state index in [9.17, 15) is 4.79 Å². The van der Waals surface area contributed by atoms with Crippen LogP contribution in [0.4, 0.5) is 10.6 Å². The average molecular weight is 191 g/mol. The maximum atomic E-state index is 10.5. The van der Waals surface area contributed by atoms with E-state index in [1.54, 1.807) is 12.3 Å². The van der Waals surface area contributed by atoms with Gasteiger partial charge in [0, 0.05) is 11.8 Å². The Kier molecular flexibility index (Phi) is 2.06. The van der Waals surface area contributed by atoms with Crippen LogP contribution in [0, 0.1) is 0 Å². The Morgan fingerprint density at radius 3 is 3.29 bits per heavy atom. The standard InChI is InChI=1S/C9H9N3O2/c10-9(13)14-7-4-6-2-1-3-11-8(6)12-5-7/h1-4H,5H2,(H2,10,13)(H,11,12). The fourth-order valence-corrected chi connectivity index (χ4v) is 1.27. The smallest absolute Gasteiger partial charge is 0.409 e. The molecule has 0 atom stereocenters. The van der Waals surface area contributed by atoms with E-state index in [2.05, 4.69) is 10.3 Å². The van der Waals surface area contributed by atoms with Gasteiger partial charge in [-0.1, -0.05) is 0 Å². The van der Waals surface area contributed by atoms with Crippen molar-refractivity contribution in [3.05, 3.63) is 29.7 Å². The van der Waals surface area contributed by atoms with Gasteiger partial charge < -0.3 is 15.8 Å². The Balaban J connectivity index is 2.26. The van der Waals surface area contributed by atoms with Gasteiger partial charge in [0.25, 0.3) is 0 Å². The Hall–Kier alpha value is -2.04. The zero-order chi connectivity index (χ0) is 9.97. The van der Waals surface area contributed by atoms with Gasteiger partial charge in [0.15, 0.2) is 0 Å². The van der Waals surface area contributed by atoms with E-state index in [1.807, 2.05) is 12.1 Å².